The smallest absolute Gasteiger partial charge is 0.220 e. The minimum atomic E-state index is 0.128. The van der Waals surface area contributed by atoms with Crippen molar-refractivity contribution < 1.29 is 9.53 Å². The molecule has 0 radical (unpaired) electrons. The molecule has 2 N–H and O–H groups in total. The highest BCUT2D eigenvalue weighted by Crippen LogP contribution is 2.23. The Labute approximate surface area is 127 Å². The molecule has 1 aliphatic heterocycles. The van der Waals surface area contributed by atoms with Gasteiger partial charge in [-0.15, -0.1) is 6.42 Å². The first-order valence-electron chi connectivity index (χ1n) is 6.54. The van der Waals surface area contributed by atoms with Gasteiger partial charge in [-0.2, -0.15) is 0 Å². The highest BCUT2D eigenvalue weighted by Gasteiger charge is 2.17. The van der Waals surface area contributed by atoms with E-state index in [9.17, 15) is 4.79 Å². The van der Waals surface area contributed by atoms with Crippen LogP contribution in [0.25, 0.3) is 0 Å². The van der Waals surface area contributed by atoms with Crippen LogP contribution in [-0.4, -0.2) is 25.1 Å². The van der Waals surface area contributed by atoms with Crippen LogP contribution in [0.15, 0.2) is 22.7 Å². The minimum absolute atomic E-state index is 0.128. The van der Waals surface area contributed by atoms with E-state index in [4.69, 9.17) is 11.2 Å². The fourth-order valence-electron chi connectivity index (χ4n) is 2.11. The van der Waals surface area contributed by atoms with Crippen molar-refractivity contribution in [3.8, 4) is 18.1 Å². The van der Waals surface area contributed by atoms with Gasteiger partial charge < -0.3 is 15.4 Å². The summed E-state index contributed by atoms with van der Waals surface area (Å²) in [6, 6.07) is 6.14. The zero-order valence-corrected chi connectivity index (χ0v) is 12.7. The molecule has 0 spiro atoms. The lowest BCUT2D eigenvalue weighted by molar-refractivity contribution is -0.122. The molecular weight excluding hydrogens is 320 g/mol. The number of hydrogen-bond donors (Lipinski definition) is 2. The Morgan fingerprint density at radius 2 is 2.40 bits per heavy atom. The second kappa shape index (κ2) is 7.32. The van der Waals surface area contributed by atoms with E-state index in [2.05, 4.69) is 32.5 Å². The normalized spacial score (nSPS) is 18.2. The van der Waals surface area contributed by atoms with Gasteiger partial charge in [-0.1, -0.05) is 21.9 Å². The Balaban J connectivity index is 1.95. The van der Waals surface area contributed by atoms with Crippen molar-refractivity contribution in [3.63, 3.8) is 0 Å². The van der Waals surface area contributed by atoms with Gasteiger partial charge in [-0.25, -0.2) is 0 Å². The molecule has 4 nitrogen and oxygen atoms in total. The summed E-state index contributed by atoms with van der Waals surface area (Å²) in [6.45, 7) is 1.61. The monoisotopic (exact) mass is 336 g/mol. The summed E-state index contributed by atoms with van der Waals surface area (Å²) in [5.41, 5.74) is 1.05. The number of hydrogen-bond acceptors (Lipinski definition) is 3. The van der Waals surface area contributed by atoms with E-state index >= 15 is 0 Å². The molecule has 2 rings (SSSR count). The zero-order chi connectivity index (χ0) is 14.4. The van der Waals surface area contributed by atoms with Crippen molar-refractivity contribution in [1.82, 2.24) is 10.6 Å². The summed E-state index contributed by atoms with van der Waals surface area (Å²) < 4.78 is 6.53. The molecule has 1 aromatic carbocycles. The zero-order valence-electron chi connectivity index (χ0n) is 11.1. The first kappa shape index (κ1) is 14.9. The van der Waals surface area contributed by atoms with Gasteiger partial charge in [0.1, 0.15) is 12.4 Å². The van der Waals surface area contributed by atoms with E-state index in [0.29, 0.717) is 25.6 Å². The fourth-order valence-corrected chi connectivity index (χ4v) is 2.52. The fraction of sp³-hybridized carbons (Fsp3) is 0.400. The van der Waals surface area contributed by atoms with Crippen LogP contribution in [0.5, 0.6) is 5.75 Å². The predicted molar refractivity (Wildman–Crippen MR) is 81.3 cm³/mol. The summed E-state index contributed by atoms with van der Waals surface area (Å²) >= 11 is 3.46. The van der Waals surface area contributed by atoms with Crippen LogP contribution in [0.1, 0.15) is 18.4 Å². The third-order valence-corrected chi connectivity index (χ3v) is 3.67. The molecule has 0 aromatic heterocycles. The predicted octanol–water partition coefficient (Wildman–Crippen LogP) is 1.83. The molecule has 0 saturated carbocycles. The summed E-state index contributed by atoms with van der Waals surface area (Å²) in [5.74, 6) is 3.39. The Morgan fingerprint density at radius 3 is 3.10 bits per heavy atom. The van der Waals surface area contributed by atoms with E-state index < -0.39 is 0 Å². The van der Waals surface area contributed by atoms with Gasteiger partial charge in [-0.3, -0.25) is 4.79 Å². The van der Waals surface area contributed by atoms with Crippen LogP contribution in [0.4, 0.5) is 0 Å². The Hall–Kier alpha value is -1.51. The number of amides is 1. The summed E-state index contributed by atoms with van der Waals surface area (Å²) in [6.07, 6.45) is 6.66. The van der Waals surface area contributed by atoms with Crippen molar-refractivity contribution in [2.75, 3.05) is 13.2 Å². The molecule has 1 aliphatic rings. The SMILES string of the molecule is C#CCOc1ccc(Br)cc1CNC1CCC(=O)NC1. The standard InChI is InChI=1S/C15H17BrN2O2/c1-2-7-20-14-5-3-12(16)8-11(14)9-17-13-4-6-15(19)18-10-13/h1,3,5,8,13,17H,4,6-7,9-10H2,(H,18,19). The highest BCUT2D eigenvalue weighted by atomic mass is 79.9. The second-order valence-electron chi connectivity index (χ2n) is 4.67. The van der Waals surface area contributed by atoms with Crippen molar-refractivity contribution in [3.05, 3.63) is 28.2 Å². The first-order chi connectivity index (χ1) is 9.69. The number of halogens is 1. The van der Waals surface area contributed by atoms with E-state index in [-0.39, 0.29) is 12.5 Å². The number of benzene rings is 1. The lowest BCUT2D eigenvalue weighted by Crippen LogP contribution is -2.45. The van der Waals surface area contributed by atoms with Gasteiger partial charge in [0.05, 0.1) is 0 Å². The van der Waals surface area contributed by atoms with Crippen LogP contribution in [0.3, 0.4) is 0 Å². The number of ether oxygens (including phenoxy) is 1. The van der Waals surface area contributed by atoms with Crippen LogP contribution >= 0.6 is 15.9 Å². The Morgan fingerprint density at radius 1 is 1.55 bits per heavy atom. The maximum absolute atomic E-state index is 11.1. The summed E-state index contributed by atoms with van der Waals surface area (Å²) in [4.78, 5) is 11.1. The van der Waals surface area contributed by atoms with Crippen molar-refractivity contribution in [2.45, 2.75) is 25.4 Å². The highest BCUT2D eigenvalue weighted by molar-refractivity contribution is 9.10. The lowest BCUT2D eigenvalue weighted by Gasteiger charge is -2.24. The van der Waals surface area contributed by atoms with Gasteiger partial charge >= 0.3 is 0 Å². The third kappa shape index (κ3) is 4.26. The van der Waals surface area contributed by atoms with Gasteiger partial charge in [0.15, 0.2) is 0 Å². The number of nitrogens with one attached hydrogen (secondary N) is 2. The van der Waals surface area contributed by atoms with Crippen molar-refractivity contribution >= 4 is 21.8 Å². The number of piperidine rings is 1. The molecule has 1 heterocycles. The molecule has 0 bridgehead atoms. The number of terminal acetylenes is 1. The molecule has 106 valence electrons. The number of carbonyl (C=O) groups excluding carboxylic acids is 1. The van der Waals surface area contributed by atoms with Gasteiger partial charge in [-0.05, 0) is 24.6 Å². The number of carbonyl (C=O) groups is 1. The molecule has 1 atom stereocenters. The maximum Gasteiger partial charge on any atom is 0.220 e. The van der Waals surface area contributed by atoms with Crippen LogP contribution in [0, 0.1) is 12.3 Å². The van der Waals surface area contributed by atoms with Crippen molar-refractivity contribution in [2.24, 2.45) is 0 Å². The third-order valence-electron chi connectivity index (χ3n) is 3.18. The molecule has 1 amide bonds. The summed E-state index contributed by atoms with van der Waals surface area (Å²) in [7, 11) is 0. The molecule has 1 unspecified atom stereocenters. The largest absolute Gasteiger partial charge is 0.481 e. The Bertz CT molecular complexity index is 515. The molecule has 0 aliphatic carbocycles. The van der Waals surface area contributed by atoms with E-state index in [1.807, 2.05) is 18.2 Å². The summed E-state index contributed by atoms with van der Waals surface area (Å²) in [5, 5.41) is 6.30. The molecule has 20 heavy (non-hydrogen) atoms. The molecular formula is C15H17BrN2O2. The second-order valence-corrected chi connectivity index (χ2v) is 5.58. The average Bonchev–Trinajstić information content (AvgIpc) is 2.46. The van der Waals surface area contributed by atoms with Crippen molar-refractivity contribution in [1.29, 1.82) is 0 Å². The molecule has 5 heteroatoms. The first-order valence-corrected chi connectivity index (χ1v) is 7.33. The average molecular weight is 337 g/mol. The minimum Gasteiger partial charge on any atom is -0.481 e. The Kier molecular flexibility index (Phi) is 5.45. The van der Waals surface area contributed by atoms with Crippen LogP contribution in [-0.2, 0) is 11.3 Å². The molecule has 1 saturated heterocycles. The van der Waals surface area contributed by atoms with Gasteiger partial charge in [0.2, 0.25) is 5.91 Å². The topological polar surface area (TPSA) is 50.4 Å². The molecule has 1 fully saturated rings. The van der Waals surface area contributed by atoms with E-state index in [1.54, 1.807) is 0 Å². The van der Waals surface area contributed by atoms with Gasteiger partial charge in [0.25, 0.3) is 0 Å². The lowest BCUT2D eigenvalue weighted by atomic mass is 10.1. The molecule has 1 aromatic rings. The van der Waals surface area contributed by atoms with E-state index in [0.717, 1.165) is 22.2 Å². The van der Waals surface area contributed by atoms with Crippen LogP contribution < -0.4 is 15.4 Å². The quantitative estimate of drug-likeness (QED) is 0.806. The maximum atomic E-state index is 11.1. The van der Waals surface area contributed by atoms with Gasteiger partial charge in [0, 0.05) is 35.6 Å². The van der Waals surface area contributed by atoms with E-state index in [1.165, 1.54) is 0 Å². The number of rotatable bonds is 5. The van der Waals surface area contributed by atoms with Crippen LogP contribution in [0.2, 0.25) is 0 Å².